The van der Waals surface area contributed by atoms with Gasteiger partial charge in [0, 0.05) is 17.0 Å². The highest BCUT2D eigenvalue weighted by Gasteiger charge is 2.28. The highest BCUT2D eigenvalue weighted by molar-refractivity contribution is 7.11. The lowest BCUT2D eigenvalue weighted by molar-refractivity contribution is 0.575. The van der Waals surface area contributed by atoms with Crippen LogP contribution in [0.5, 0.6) is 0 Å². The van der Waals surface area contributed by atoms with E-state index in [4.69, 9.17) is 0 Å². The van der Waals surface area contributed by atoms with Crippen LogP contribution in [-0.2, 0) is 0 Å². The molecule has 1 aromatic heterocycles. The van der Waals surface area contributed by atoms with Gasteiger partial charge in [-0.2, -0.15) is 0 Å². The third-order valence-corrected chi connectivity index (χ3v) is 3.93. The number of fused-ring (bicyclic) bond motifs is 2. The molecule has 3 heterocycles. The molecular formula is C11H13NS. The van der Waals surface area contributed by atoms with Gasteiger partial charge in [-0.25, -0.2) is 0 Å². The summed E-state index contributed by atoms with van der Waals surface area (Å²) in [4.78, 5) is 1.47. The molecule has 1 N–H and O–H groups in total. The van der Waals surface area contributed by atoms with Crippen LogP contribution in [0, 0.1) is 0 Å². The van der Waals surface area contributed by atoms with Crippen LogP contribution < -0.4 is 5.32 Å². The molecule has 1 nitrogen and oxygen atoms in total. The van der Waals surface area contributed by atoms with Crippen molar-refractivity contribution >= 4 is 16.9 Å². The van der Waals surface area contributed by atoms with Gasteiger partial charge in [-0.1, -0.05) is 12.1 Å². The van der Waals surface area contributed by atoms with Crippen LogP contribution in [-0.4, -0.2) is 12.1 Å². The predicted octanol–water partition coefficient (Wildman–Crippen LogP) is 2.66. The lowest BCUT2D eigenvalue weighted by Crippen LogP contribution is -2.31. The zero-order valence-corrected chi connectivity index (χ0v) is 8.31. The molecule has 2 aliphatic heterocycles. The Morgan fingerprint density at radius 2 is 2.38 bits per heavy atom. The van der Waals surface area contributed by atoms with E-state index in [1.807, 2.05) is 11.3 Å². The summed E-state index contributed by atoms with van der Waals surface area (Å²) in [7, 11) is 0. The van der Waals surface area contributed by atoms with E-state index >= 15 is 0 Å². The van der Waals surface area contributed by atoms with Gasteiger partial charge in [-0.05, 0) is 36.3 Å². The molecule has 0 saturated carbocycles. The van der Waals surface area contributed by atoms with Gasteiger partial charge < -0.3 is 5.32 Å². The van der Waals surface area contributed by atoms with Crippen LogP contribution in [0.4, 0.5) is 0 Å². The third-order valence-electron chi connectivity index (χ3n) is 2.98. The average molecular weight is 191 g/mol. The van der Waals surface area contributed by atoms with E-state index in [1.165, 1.54) is 24.1 Å². The first-order valence-electron chi connectivity index (χ1n) is 4.92. The first kappa shape index (κ1) is 7.77. The van der Waals surface area contributed by atoms with Gasteiger partial charge in [0.2, 0.25) is 0 Å². The van der Waals surface area contributed by atoms with Gasteiger partial charge in [0.15, 0.2) is 0 Å². The summed E-state index contributed by atoms with van der Waals surface area (Å²) < 4.78 is 0. The Bertz CT molecular complexity index is 326. The second-order valence-electron chi connectivity index (χ2n) is 3.92. The Labute approximate surface area is 82.5 Å². The van der Waals surface area contributed by atoms with Crippen LogP contribution in [0.2, 0.25) is 0 Å². The molecule has 2 unspecified atom stereocenters. The Balaban J connectivity index is 1.93. The minimum absolute atomic E-state index is 0.663. The maximum Gasteiger partial charge on any atom is 0.0300 e. The van der Waals surface area contributed by atoms with Gasteiger partial charge in [0.05, 0.1) is 0 Å². The van der Waals surface area contributed by atoms with Crippen LogP contribution in [0.1, 0.15) is 24.1 Å². The first-order chi connectivity index (χ1) is 6.42. The number of nitrogens with one attached hydrogen (secondary N) is 1. The van der Waals surface area contributed by atoms with E-state index in [0.29, 0.717) is 6.04 Å². The molecule has 13 heavy (non-hydrogen) atoms. The van der Waals surface area contributed by atoms with Gasteiger partial charge in [0.1, 0.15) is 0 Å². The molecular weight excluding hydrogens is 178 g/mol. The van der Waals surface area contributed by atoms with Gasteiger partial charge in [-0.3, -0.25) is 0 Å². The standard InChI is InChI=1S/C11H13NS/c1-2-11(13-5-1)8-6-9-3-4-10(7-8)12-9/h1-2,5-6,9-10,12H,3-4,7H2. The predicted molar refractivity (Wildman–Crippen MR) is 56.9 cm³/mol. The highest BCUT2D eigenvalue weighted by Crippen LogP contribution is 2.33. The second kappa shape index (κ2) is 2.96. The van der Waals surface area contributed by atoms with Crippen molar-refractivity contribution in [1.29, 1.82) is 0 Å². The second-order valence-corrected chi connectivity index (χ2v) is 4.87. The Kier molecular flexibility index (Phi) is 1.77. The van der Waals surface area contributed by atoms with Crippen molar-refractivity contribution in [2.45, 2.75) is 31.3 Å². The van der Waals surface area contributed by atoms with Crippen LogP contribution in [0.25, 0.3) is 5.57 Å². The van der Waals surface area contributed by atoms with Crippen molar-refractivity contribution in [2.75, 3.05) is 0 Å². The Hall–Kier alpha value is -0.600. The van der Waals surface area contributed by atoms with Crippen molar-refractivity contribution in [3.63, 3.8) is 0 Å². The molecule has 68 valence electrons. The minimum atomic E-state index is 0.663. The molecule has 0 spiro atoms. The van der Waals surface area contributed by atoms with Crippen LogP contribution >= 0.6 is 11.3 Å². The van der Waals surface area contributed by atoms with E-state index in [1.54, 1.807) is 5.57 Å². The number of hydrogen-bond donors (Lipinski definition) is 1. The van der Waals surface area contributed by atoms with Crippen molar-refractivity contribution in [3.8, 4) is 0 Å². The van der Waals surface area contributed by atoms with E-state index in [-0.39, 0.29) is 0 Å². The topological polar surface area (TPSA) is 12.0 Å². The smallest absolute Gasteiger partial charge is 0.0300 e. The van der Waals surface area contributed by atoms with E-state index in [0.717, 1.165) is 6.04 Å². The lowest BCUT2D eigenvalue weighted by Gasteiger charge is -2.20. The monoisotopic (exact) mass is 191 g/mol. The average Bonchev–Trinajstić information content (AvgIpc) is 2.75. The highest BCUT2D eigenvalue weighted by atomic mass is 32.1. The fourth-order valence-corrected chi connectivity index (χ4v) is 3.13. The van der Waals surface area contributed by atoms with Crippen molar-refractivity contribution in [2.24, 2.45) is 0 Å². The fraction of sp³-hybridized carbons (Fsp3) is 0.455. The molecule has 2 bridgehead atoms. The lowest BCUT2D eigenvalue weighted by atomic mass is 10.0. The number of hydrogen-bond acceptors (Lipinski definition) is 2. The normalized spacial score (nSPS) is 31.8. The summed E-state index contributed by atoms with van der Waals surface area (Å²) in [5, 5.41) is 5.78. The molecule has 0 aliphatic carbocycles. The Morgan fingerprint density at radius 3 is 3.15 bits per heavy atom. The number of rotatable bonds is 1. The fourth-order valence-electron chi connectivity index (χ4n) is 2.36. The minimum Gasteiger partial charge on any atom is -0.307 e. The van der Waals surface area contributed by atoms with E-state index < -0.39 is 0 Å². The zero-order valence-electron chi connectivity index (χ0n) is 7.49. The quantitative estimate of drug-likeness (QED) is 0.719. The molecule has 0 radical (unpaired) electrons. The van der Waals surface area contributed by atoms with Crippen LogP contribution in [0.15, 0.2) is 23.6 Å². The zero-order chi connectivity index (χ0) is 8.67. The molecule has 0 amide bonds. The maximum absolute atomic E-state index is 3.61. The molecule has 1 saturated heterocycles. The molecule has 1 aromatic rings. The summed E-state index contributed by atoms with van der Waals surface area (Å²) >= 11 is 1.87. The summed E-state index contributed by atoms with van der Waals surface area (Å²) in [6.45, 7) is 0. The third kappa shape index (κ3) is 1.34. The van der Waals surface area contributed by atoms with Crippen LogP contribution in [0.3, 0.4) is 0 Å². The molecule has 2 aliphatic rings. The van der Waals surface area contributed by atoms with Gasteiger partial charge >= 0.3 is 0 Å². The van der Waals surface area contributed by atoms with Crippen molar-refractivity contribution < 1.29 is 0 Å². The SMILES string of the molecule is C1=C(c2cccs2)CC2CCC1N2. The summed E-state index contributed by atoms with van der Waals surface area (Å²) in [6, 6.07) is 5.80. The molecule has 1 fully saturated rings. The number of thiophene rings is 1. The van der Waals surface area contributed by atoms with Crippen molar-refractivity contribution in [3.05, 3.63) is 28.5 Å². The van der Waals surface area contributed by atoms with E-state index in [2.05, 4.69) is 28.9 Å². The molecule has 3 rings (SSSR count). The Morgan fingerprint density at radius 1 is 1.38 bits per heavy atom. The van der Waals surface area contributed by atoms with E-state index in [9.17, 15) is 0 Å². The summed E-state index contributed by atoms with van der Waals surface area (Å²) in [5.41, 5.74) is 1.57. The van der Waals surface area contributed by atoms with Gasteiger partial charge in [-0.15, -0.1) is 11.3 Å². The largest absolute Gasteiger partial charge is 0.307 e. The first-order valence-corrected chi connectivity index (χ1v) is 5.80. The van der Waals surface area contributed by atoms with Gasteiger partial charge in [0.25, 0.3) is 0 Å². The molecule has 2 atom stereocenters. The molecule has 2 heteroatoms. The maximum atomic E-state index is 3.61. The van der Waals surface area contributed by atoms with Crippen molar-refractivity contribution in [1.82, 2.24) is 5.32 Å². The molecule has 0 aromatic carbocycles. The summed E-state index contributed by atoms with van der Waals surface area (Å²) in [6.07, 6.45) is 6.35. The summed E-state index contributed by atoms with van der Waals surface area (Å²) in [5.74, 6) is 0.